The van der Waals surface area contributed by atoms with Gasteiger partial charge in [0.05, 0.1) is 0 Å². The van der Waals surface area contributed by atoms with Crippen LogP contribution in [0.1, 0.15) is 64.7 Å². The summed E-state index contributed by atoms with van der Waals surface area (Å²) in [4.78, 5) is 2.72. The van der Waals surface area contributed by atoms with Crippen molar-refractivity contribution in [3.05, 3.63) is 0 Å². The molecule has 0 aromatic carbocycles. The van der Waals surface area contributed by atoms with Crippen molar-refractivity contribution in [1.82, 2.24) is 10.2 Å². The second-order valence-electron chi connectivity index (χ2n) is 5.88. The molecule has 2 rings (SSSR count). The molecule has 1 aliphatic heterocycles. The molecule has 0 radical (unpaired) electrons. The summed E-state index contributed by atoms with van der Waals surface area (Å²) in [5.74, 6) is 0. The SMILES string of the molecule is CCC1CCCN1CCCCCCNC1CC1. The van der Waals surface area contributed by atoms with E-state index < -0.39 is 0 Å². The zero-order chi connectivity index (χ0) is 11.9. The van der Waals surface area contributed by atoms with Crippen LogP contribution in [0.2, 0.25) is 0 Å². The lowest BCUT2D eigenvalue weighted by molar-refractivity contribution is 0.242. The second kappa shape index (κ2) is 7.38. The van der Waals surface area contributed by atoms with Crippen LogP contribution in [-0.4, -0.2) is 36.6 Å². The number of hydrogen-bond donors (Lipinski definition) is 1. The van der Waals surface area contributed by atoms with Gasteiger partial charge in [0.25, 0.3) is 0 Å². The third-order valence-electron chi connectivity index (χ3n) is 4.35. The molecule has 0 aromatic heterocycles. The quantitative estimate of drug-likeness (QED) is 0.621. The lowest BCUT2D eigenvalue weighted by Gasteiger charge is -2.23. The third kappa shape index (κ3) is 4.97. The number of unbranched alkanes of at least 4 members (excludes halogenated alkanes) is 3. The minimum Gasteiger partial charge on any atom is -0.314 e. The van der Waals surface area contributed by atoms with Crippen LogP contribution in [-0.2, 0) is 0 Å². The Hall–Kier alpha value is -0.0800. The number of likely N-dealkylation sites (tertiary alicyclic amines) is 1. The summed E-state index contributed by atoms with van der Waals surface area (Å²) in [6.07, 6.45) is 12.7. The molecule has 100 valence electrons. The normalized spacial score (nSPS) is 25.6. The summed E-state index contributed by atoms with van der Waals surface area (Å²) >= 11 is 0. The first kappa shape index (κ1) is 13.4. The molecule has 1 atom stereocenters. The van der Waals surface area contributed by atoms with Gasteiger partial charge < -0.3 is 10.2 Å². The van der Waals surface area contributed by atoms with Gasteiger partial charge in [0.1, 0.15) is 0 Å². The van der Waals surface area contributed by atoms with E-state index in [1.54, 1.807) is 0 Å². The van der Waals surface area contributed by atoms with Crippen molar-refractivity contribution < 1.29 is 0 Å². The van der Waals surface area contributed by atoms with Crippen molar-refractivity contribution >= 4 is 0 Å². The fraction of sp³-hybridized carbons (Fsp3) is 1.00. The summed E-state index contributed by atoms with van der Waals surface area (Å²) in [5, 5.41) is 3.59. The molecule has 0 spiro atoms. The average Bonchev–Trinajstić information content (AvgIpc) is 3.05. The molecule has 2 heteroatoms. The van der Waals surface area contributed by atoms with Crippen LogP contribution in [0, 0.1) is 0 Å². The molecule has 1 unspecified atom stereocenters. The van der Waals surface area contributed by atoms with Crippen LogP contribution < -0.4 is 5.32 Å². The van der Waals surface area contributed by atoms with Gasteiger partial charge >= 0.3 is 0 Å². The van der Waals surface area contributed by atoms with Crippen LogP contribution >= 0.6 is 0 Å². The number of nitrogens with zero attached hydrogens (tertiary/aromatic N) is 1. The molecule has 17 heavy (non-hydrogen) atoms. The molecule has 1 saturated heterocycles. The lowest BCUT2D eigenvalue weighted by Crippen LogP contribution is -2.29. The standard InChI is InChI=1S/C15H30N2/c1-2-15-8-7-13-17(15)12-6-4-3-5-11-16-14-9-10-14/h14-16H,2-13H2,1H3. The first-order valence-electron chi connectivity index (χ1n) is 7.87. The van der Waals surface area contributed by atoms with Crippen molar-refractivity contribution in [1.29, 1.82) is 0 Å². The Morgan fingerprint density at radius 3 is 2.65 bits per heavy atom. The van der Waals surface area contributed by atoms with E-state index in [4.69, 9.17) is 0 Å². The molecule has 0 aromatic rings. The smallest absolute Gasteiger partial charge is 0.00931 e. The summed E-state index contributed by atoms with van der Waals surface area (Å²) in [6.45, 7) is 6.31. The van der Waals surface area contributed by atoms with Crippen molar-refractivity contribution in [2.75, 3.05) is 19.6 Å². The Balaban J connectivity index is 1.40. The molecule has 2 aliphatic rings. The van der Waals surface area contributed by atoms with E-state index in [2.05, 4.69) is 17.1 Å². The summed E-state index contributed by atoms with van der Waals surface area (Å²) in [7, 11) is 0. The molecule has 2 nitrogen and oxygen atoms in total. The predicted molar refractivity (Wildman–Crippen MR) is 74.4 cm³/mol. The highest BCUT2D eigenvalue weighted by Crippen LogP contribution is 2.20. The Bertz CT molecular complexity index is 201. The van der Waals surface area contributed by atoms with E-state index in [0.29, 0.717) is 0 Å². The highest BCUT2D eigenvalue weighted by atomic mass is 15.2. The molecule has 0 amide bonds. The summed E-state index contributed by atoms with van der Waals surface area (Å²) in [5.41, 5.74) is 0. The monoisotopic (exact) mass is 238 g/mol. The first-order chi connectivity index (χ1) is 8.40. The lowest BCUT2D eigenvalue weighted by atomic mass is 10.1. The van der Waals surface area contributed by atoms with Gasteiger partial charge in [-0.1, -0.05) is 19.8 Å². The summed E-state index contributed by atoms with van der Waals surface area (Å²) < 4.78 is 0. The van der Waals surface area contributed by atoms with E-state index in [-0.39, 0.29) is 0 Å². The van der Waals surface area contributed by atoms with Crippen LogP contribution in [0.25, 0.3) is 0 Å². The van der Waals surface area contributed by atoms with Gasteiger partial charge in [-0.15, -0.1) is 0 Å². The van der Waals surface area contributed by atoms with Crippen LogP contribution in [0.5, 0.6) is 0 Å². The number of hydrogen-bond acceptors (Lipinski definition) is 2. The topological polar surface area (TPSA) is 15.3 Å². The molecular formula is C15H30N2. The maximum Gasteiger partial charge on any atom is 0.00931 e. The van der Waals surface area contributed by atoms with Gasteiger partial charge in [-0.25, -0.2) is 0 Å². The van der Waals surface area contributed by atoms with E-state index >= 15 is 0 Å². The maximum absolute atomic E-state index is 3.59. The summed E-state index contributed by atoms with van der Waals surface area (Å²) in [6, 6.07) is 1.80. The maximum atomic E-state index is 3.59. The van der Waals surface area contributed by atoms with Crippen molar-refractivity contribution in [3.8, 4) is 0 Å². The zero-order valence-corrected chi connectivity index (χ0v) is 11.6. The van der Waals surface area contributed by atoms with Gasteiger partial charge in [0.2, 0.25) is 0 Å². The second-order valence-corrected chi connectivity index (χ2v) is 5.88. The Morgan fingerprint density at radius 1 is 1.06 bits per heavy atom. The van der Waals surface area contributed by atoms with Crippen LogP contribution in [0.15, 0.2) is 0 Å². The molecule has 2 fully saturated rings. The highest BCUT2D eigenvalue weighted by molar-refractivity contribution is 4.80. The van der Waals surface area contributed by atoms with E-state index in [9.17, 15) is 0 Å². The minimum absolute atomic E-state index is 0.893. The van der Waals surface area contributed by atoms with E-state index in [1.807, 2.05) is 0 Å². The molecule has 1 saturated carbocycles. The Labute approximate surface area is 107 Å². The highest BCUT2D eigenvalue weighted by Gasteiger charge is 2.21. The fourth-order valence-corrected chi connectivity index (χ4v) is 3.04. The number of nitrogens with one attached hydrogen (secondary N) is 1. The first-order valence-corrected chi connectivity index (χ1v) is 7.87. The zero-order valence-electron chi connectivity index (χ0n) is 11.6. The third-order valence-corrected chi connectivity index (χ3v) is 4.35. The molecule has 0 bridgehead atoms. The van der Waals surface area contributed by atoms with Gasteiger partial charge in [0.15, 0.2) is 0 Å². The largest absolute Gasteiger partial charge is 0.314 e. The molecule has 1 heterocycles. The van der Waals surface area contributed by atoms with Crippen LogP contribution in [0.3, 0.4) is 0 Å². The Morgan fingerprint density at radius 2 is 1.88 bits per heavy atom. The van der Waals surface area contributed by atoms with Crippen LogP contribution in [0.4, 0.5) is 0 Å². The van der Waals surface area contributed by atoms with Gasteiger partial charge in [0, 0.05) is 12.1 Å². The van der Waals surface area contributed by atoms with Crippen molar-refractivity contribution in [2.24, 2.45) is 0 Å². The number of rotatable bonds is 9. The fourth-order valence-electron chi connectivity index (χ4n) is 3.04. The van der Waals surface area contributed by atoms with Crippen molar-refractivity contribution in [3.63, 3.8) is 0 Å². The van der Waals surface area contributed by atoms with Gasteiger partial charge in [-0.2, -0.15) is 0 Å². The van der Waals surface area contributed by atoms with E-state index in [1.165, 1.54) is 77.4 Å². The minimum atomic E-state index is 0.893. The Kier molecular flexibility index (Phi) is 5.79. The van der Waals surface area contributed by atoms with Gasteiger partial charge in [-0.3, -0.25) is 0 Å². The molecule has 1 aliphatic carbocycles. The predicted octanol–water partition coefficient (Wildman–Crippen LogP) is 3.17. The van der Waals surface area contributed by atoms with Crippen molar-refractivity contribution in [2.45, 2.75) is 76.8 Å². The van der Waals surface area contributed by atoms with E-state index in [0.717, 1.165) is 12.1 Å². The molecule has 1 N–H and O–H groups in total. The van der Waals surface area contributed by atoms with Gasteiger partial charge in [-0.05, 0) is 64.6 Å². The molecular weight excluding hydrogens is 208 g/mol. The average molecular weight is 238 g/mol.